The summed E-state index contributed by atoms with van der Waals surface area (Å²) in [5.74, 6) is -2.68. The molecule has 0 aromatic heterocycles. The summed E-state index contributed by atoms with van der Waals surface area (Å²) in [6.07, 6.45) is -4.64. The van der Waals surface area contributed by atoms with Crippen molar-refractivity contribution in [3.8, 4) is 0 Å². The number of rotatable bonds is 3. The molecule has 2 fully saturated rings. The fraction of sp³-hybridized carbons (Fsp3) is 0.455. The molecule has 3 atom stereocenters. The van der Waals surface area contributed by atoms with Crippen molar-refractivity contribution in [3.63, 3.8) is 0 Å². The largest absolute Gasteiger partial charge is 0.416 e. The Hall–Kier alpha value is -2.01. The summed E-state index contributed by atoms with van der Waals surface area (Å²) in [6.45, 7) is 0. The summed E-state index contributed by atoms with van der Waals surface area (Å²) in [5, 5.41) is 0. The Morgan fingerprint density at radius 3 is 2.24 bits per heavy atom. The van der Waals surface area contributed by atoms with Gasteiger partial charge in [-0.2, -0.15) is 13.2 Å². The predicted octanol–water partition coefficient (Wildman–Crippen LogP) is 4.89. The van der Waals surface area contributed by atoms with Gasteiger partial charge < -0.3 is 0 Å². The minimum atomic E-state index is -4.67. The minimum absolute atomic E-state index is 0.0975. The number of benzene rings is 2. The van der Waals surface area contributed by atoms with Gasteiger partial charge in [-0.15, -0.1) is 0 Å². The van der Waals surface area contributed by atoms with Crippen molar-refractivity contribution in [1.82, 2.24) is 0 Å². The first-order valence-corrected chi connectivity index (χ1v) is 13.6. The van der Waals surface area contributed by atoms with E-state index in [0.717, 1.165) is 30.3 Å². The Balaban J connectivity index is 1.84. The van der Waals surface area contributed by atoms with Crippen LogP contribution in [0, 0.1) is 23.5 Å². The van der Waals surface area contributed by atoms with Crippen LogP contribution in [0.25, 0.3) is 0 Å². The van der Waals surface area contributed by atoms with Crippen molar-refractivity contribution in [2.24, 2.45) is 11.8 Å². The Morgan fingerprint density at radius 1 is 0.939 bits per heavy atom. The second-order valence-electron chi connectivity index (χ2n) is 8.81. The summed E-state index contributed by atoms with van der Waals surface area (Å²) in [5.41, 5.74) is -1.41. The fourth-order valence-electron chi connectivity index (χ4n) is 5.17. The summed E-state index contributed by atoms with van der Waals surface area (Å²) < 4.78 is 118. The molecule has 0 N–H and O–H groups in total. The Morgan fingerprint density at radius 2 is 1.61 bits per heavy atom. The monoisotopic (exact) mass is 508 g/mol. The van der Waals surface area contributed by atoms with Crippen molar-refractivity contribution < 1.29 is 38.8 Å². The molecule has 4 rings (SSSR count). The predicted molar refractivity (Wildman–Crippen MR) is 111 cm³/mol. The third kappa shape index (κ3) is 4.29. The molecule has 1 aliphatic carbocycles. The normalized spacial score (nSPS) is 27.7. The second kappa shape index (κ2) is 8.04. The van der Waals surface area contributed by atoms with Crippen LogP contribution in [0.4, 0.5) is 22.0 Å². The average Bonchev–Trinajstić information content (AvgIpc) is 2.74. The number of hydrogen-bond donors (Lipinski definition) is 0. The van der Waals surface area contributed by atoms with Gasteiger partial charge in [-0.1, -0.05) is 0 Å². The molecule has 2 aromatic rings. The maximum absolute atomic E-state index is 14.9. The lowest BCUT2D eigenvalue weighted by molar-refractivity contribution is -0.137. The van der Waals surface area contributed by atoms with E-state index in [1.807, 2.05) is 0 Å². The molecule has 0 amide bonds. The zero-order chi connectivity index (χ0) is 24.2. The van der Waals surface area contributed by atoms with E-state index < -0.39 is 52.7 Å². The van der Waals surface area contributed by atoms with Gasteiger partial charge in [0.05, 0.1) is 22.0 Å². The third-order valence-electron chi connectivity index (χ3n) is 6.87. The SMILES string of the molecule is O=S1(=O)CCC2CC(c3cc(F)ccc3F)(S(=O)(=O)c3ccc(C(F)(F)F)cc3)CCC2C1. The van der Waals surface area contributed by atoms with Gasteiger partial charge in [0.1, 0.15) is 16.4 Å². The standard InChI is InChI=1S/C22H21F5O4S2/c23-17-3-6-20(24)19(11-17)21(9-7-15-13-32(28,29)10-8-14(15)12-21)33(30,31)18-4-1-16(2-5-18)22(25,26)27/h1-6,11,14-15H,7-10,12-13H2. The fourth-order valence-corrected chi connectivity index (χ4v) is 9.30. The summed E-state index contributed by atoms with van der Waals surface area (Å²) in [4.78, 5) is -0.430. The highest BCUT2D eigenvalue weighted by atomic mass is 32.2. The number of halogens is 5. The molecule has 2 aliphatic rings. The Kier molecular flexibility index (Phi) is 5.88. The topological polar surface area (TPSA) is 68.3 Å². The van der Waals surface area contributed by atoms with Gasteiger partial charge in [0.2, 0.25) is 0 Å². The van der Waals surface area contributed by atoms with Gasteiger partial charge in [-0.3, -0.25) is 0 Å². The lowest BCUT2D eigenvalue weighted by Crippen LogP contribution is -2.47. The second-order valence-corrected chi connectivity index (χ2v) is 13.3. The van der Waals surface area contributed by atoms with Crippen LogP contribution in [0.5, 0.6) is 0 Å². The van der Waals surface area contributed by atoms with Gasteiger partial charge in [0.15, 0.2) is 19.7 Å². The molecule has 1 saturated heterocycles. The molecular formula is C22H21F5O4S2. The number of fused-ring (bicyclic) bond motifs is 1. The van der Waals surface area contributed by atoms with Gasteiger partial charge >= 0.3 is 6.18 Å². The maximum Gasteiger partial charge on any atom is 0.416 e. The van der Waals surface area contributed by atoms with E-state index in [1.165, 1.54) is 0 Å². The van der Waals surface area contributed by atoms with Crippen LogP contribution in [-0.2, 0) is 30.6 Å². The zero-order valence-electron chi connectivity index (χ0n) is 17.3. The van der Waals surface area contributed by atoms with Gasteiger partial charge in [0, 0.05) is 5.56 Å². The summed E-state index contributed by atoms with van der Waals surface area (Å²) in [7, 11) is -7.75. The van der Waals surface area contributed by atoms with Crippen molar-refractivity contribution >= 4 is 19.7 Å². The van der Waals surface area contributed by atoms with Crippen LogP contribution >= 0.6 is 0 Å². The van der Waals surface area contributed by atoms with Crippen LogP contribution < -0.4 is 0 Å². The lowest BCUT2D eigenvalue weighted by atomic mass is 9.70. The van der Waals surface area contributed by atoms with E-state index in [1.54, 1.807) is 0 Å². The minimum Gasteiger partial charge on any atom is -0.229 e. The zero-order valence-corrected chi connectivity index (χ0v) is 18.9. The first-order chi connectivity index (χ1) is 15.3. The van der Waals surface area contributed by atoms with E-state index in [9.17, 15) is 38.8 Å². The molecule has 33 heavy (non-hydrogen) atoms. The molecule has 0 bridgehead atoms. The van der Waals surface area contributed by atoms with E-state index in [4.69, 9.17) is 0 Å². The molecule has 1 saturated carbocycles. The molecule has 0 spiro atoms. The molecular weight excluding hydrogens is 487 g/mol. The number of hydrogen-bond acceptors (Lipinski definition) is 4. The van der Waals surface area contributed by atoms with Crippen molar-refractivity contribution in [2.45, 2.75) is 41.5 Å². The van der Waals surface area contributed by atoms with E-state index in [0.29, 0.717) is 12.1 Å². The van der Waals surface area contributed by atoms with Crippen molar-refractivity contribution in [2.75, 3.05) is 11.5 Å². The molecule has 3 unspecified atom stereocenters. The van der Waals surface area contributed by atoms with E-state index in [2.05, 4.69) is 0 Å². The van der Waals surface area contributed by atoms with E-state index in [-0.39, 0.29) is 54.6 Å². The van der Waals surface area contributed by atoms with Crippen LogP contribution in [0.1, 0.15) is 36.8 Å². The average molecular weight is 509 g/mol. The molecule has 180 valence electrons. The number of alkyl halides is 3. The molecule has 1 heterocycles. The smallest absolute Gasteiger partial charge is 0.229 e. The summed E-state index contributed by atoms with van der Waals surface area (Å²) in [6, 6.07) is 5.44. The highest BCUT2D eigenvalue weighted by Crippen LogP contribution is 2.53. The van der Waals surface area contributed by atoms with Crippen LogP contribution in [0.2, 0.25) is 0 Å². The first kappa shape index (κ1) is 24.1. The van der Waals surface area contributed by atoms with Gasteiger partial charge in [-0.05, 0) is 80.0 Å². The van der Waals surface area contributed by atoms with Crippen LogP contribution in [-0.4, -0.2) is 28.3 Å². The Bertz CT molecular complexity index is 1270. The number of sulfone groups is 2. The van der Waals surface area contributed by atoms with Crippen LogP contribution in [0.15, 0.2) is 47.4 Å². The summed E-state index contributed by atoms with van der Waals surface area (Å²) >= 11 is 0. The highest BCUT2D eigenvalue weighted by molar-refractivity contribution is 7.92. The maximum atomic E-state index is 14.9. The lowest BCUT2D eigenvalue weighted by Gasteiger charge is -2.46. The first-order valence-electron chi connectivity index (χ1n) is 10.3. The van der Waals surface area contributed by atoms with Gasteiger partial charge in [0.25, 0.3) is 0 Å². The molecule has 2 aromatic carbocycles. The Labute approximate surface area is 188 Å². The quantitative estimate of drug-likeness (QED) is 0.554. The molecule has 11 heteroatoms. The van der Waals surface area contributed by atoms with Crippen molar-refractivity contribution in [1.29, 1.82) is 0 Å². The molecule has 1 aliphatic heterocycles. The van der Waals surface area contributed by atoms with Gasteiger partial charge in [-0.25, -0.2) is 25.6 Å². The van der Waals surface area contributed by atoms with Crippen molar-refractivity contribution in [3.05, 3.63) is 65.2 Å². The van der Waals surface area contributed by atoms with Crippen LogP contribution in [0.3, 0.4) is 0 Å². The molecule has 4 nitrogen and oxygen atoms in total. The molecule has 0 radical (unpaired) electrons. The van der Waals surface area contributed by atoms with E-state index >= 15 is 0 Å². The third-order valence-corrected chi connectivity index (χ3v) is 11.2. The highest BCUT2D eigenvalue weighted by Gasteiger charge is 2.54.